The summed E-state index contributed by atoms with van der Waals surface area (Å²) in [7, 11) is 0. The van der Waals surface area contributed by atoms with Gasteiger partial charge >= 0.3 is 6.09 Å². The zero-order chi connectivity index (χ0) is 19.2. The summed E-state index contributed by atoms with van der Waals surface area (Å²) in [4.78, 5) is 24.1. The number of amides is 2. The highest BCUT2D eigenvalue weighted by molar-refractivity contribution is 5.78. The highest BCUT2D eigenvalue weighted by Crippen LogP contribution is 2.28. The third-order valence-electron chi connectivity index (χ3n) is 4.74. The van der Waals surface area contributed by atoms with Gasteiger partial charge in [0.2, 0.25) is 5.91 Å². The molecule has 0 spiro atoms. The summed E-state index contributed by atoms with van der Waals surface area (Å²) >= 11 is 0. The first-order valence-corrected chi connectivity index (χ1v) is 9.53. The van der Waals surface area contributed by atoms with Gasteiger partial charge in [-0.2, -0.15) is 0 Å². The fourth-order valence-electron chi connectivity index (χ4n) is 3.21. The Morgan fingerprint density at radius 1 is 1.04 bits per heavy atom. The van der Waals surface area contributed by atoms with Crippen LogP contribution in [0.3, 0.4) is 0 Å². The van der Waals surface area contributed by atoms with Crippen molar-refractivity contribution >= 4 is 12.0 Å². The molecular formula is C21H32N2O3. The average Bonchev–Trinajstić information content (AvgIpc) is 2.58. The Hall–Kier alpha value is -2.04. The summed E-state index contributed by atoms with van der Waals surface area (Å²) in [6, 6.07) is 8.22. The van der Waals surface area contributed by atoms with Crippen LogP contribution in [0.1, 0.15) is 57.6 Å². The van der Waals surface area contributed by atoms with E-state index < -0.39 is 5.60 Å². The molecule has 5 nitrogen and oxygen atoms in total. The van der Waals surface area contributed by atoms with Crippen LogP contribution in [0.25, 0.3) is 0 Å². The second-order valence-electron chi connectivity index (χ2n) is 8.30. The summed E-state index contributed by atoms with van der Waals surface area (Å²) in [6.45, 7) is 8.82. The van der Waals surface area contributed by atoms with Crippen molar-refractivity contribution in [1.82, 2.24) is 10.6 Å². The molecule has 0 unspecified atom stereocenters. The minimum Gasteiger partial charge on any atom is -0.444 e. The molecule has 0 radical (unpaired) electrons. The third kappa shape index (κ3) is 7.06. The van der Waals surface area contributed by atoms with Crippen molar-refractivity contribution in [2.45, 2.75) is 65.5 Å². The highest BCUT2D eigenvalue weighted by atomic mass is 16.6. The molecule has 1 aromatic carbocycles. The molecule has 0 heterocycles. The highest BCUT2D eigenvalue weighted by Gasteiger charge is 2.26. The maximum atomic E-state index is 12.4. The van der Waals surface area contributed by atoms with Crippen LogP contribution in [0.4, 0.5) is 4.79 Å². The number of benzene rings is 1. The molecule has 1 fully saturated rings. The molecule has 26 heavy (non-hydrogen) atoms. The van der Waals surface area contributed by atoms with E-state index in [1.807, 2.05) is 20.8 Å². The molecule has 1 aliphatic rings. The number of carbonyl (C=O) groups is 2. The Morgan fingerprint density at radius 2 is 1.65 bits per heavy atom. The van der Waals surface area contributed by atoms with E-state index in [2.05, 4.69) is 41.8 Å². The lowest BCUT2D eigenvalue weighted by Gasteiger charge is -2.28. The molecule has 1 saturated carbocycles. The molecule has 0 aliphatic heterocycles. The van der Waals surface area contributed by atoms with E-state index in [9.17, 15) is 9.59 Å². The standard InChI is InChI=1S/C21H32N2O3/c1-15-5-7-16(8-6-15)13-22-19(24)18-11-9-17(10-12-18)14-23-20(25)26-21(2,3)4/h5-8,17-18H,9-14H2,1-4H3,(H,22,24)(H,23,25). The molecule has 5 heteroatoms. The van der Waals surface area contributed by atoms with Crippen molar-refractivity contribution in [1.29, 1.82) is 0 Å². The topological polar surface area (TPSA) is 67.4 Å². The van der Waals surface area contributed by atoms with Crippen molar-refractivity contribution in [3.63, 3.8) is 0 Å². The molecule has 0 bridgehead atoms. The van der Waals surface area contributed by atoms with Gasteiger partial charge in [-0.1, -0.05) is 29.8 Å². The van der Waals surface area contributed by atoms with Crippen LogP contribution in [-0.2, 0) is 16.1 Å². The van der Waals surface area contributed by atoms with Gasteiger partial charge in [0.25, 0.3) is 0 Å². The lowest BCUT2D eigenvalue weighted by atomic mass is 9.81. The number of ether oxygens (including phenoxy) is 1. The van der Waals surface area contributed by atoms with Gasteiger partial charge in [0, 0.05) is 19.0 Å². The van der Waals surface area contributed by atoms with Crippen LogP contribution in [0, 0.1) is 18.8 Å². The van der Waals surface area contributed by atoms with Crippen molar-refractivity contribution in [3.05, 3.63) is 35.4 Å². The van der Waals surface area contributed by atoms with Crippen LogP contribution >= 0.6 is 0 Å². The molecule has 2 rings (SSSR count). The first-order valence-electron chi connectivity index (χ1n) is 9.53. The Kier molecular flexibility index (Phi) is 7.06. The van der Waals surface area contributed by atoms with Crippen LogP contribution in [0.15, 0.2) is 24.3 Å². The van der Waals surface area contributed by atoms with Crippen LogP contribution in [-0.4, -0.2) is 24.1 Å². The second kappa shape index (κ2) is 9.06. The SMILES string of the molecule is Cc1ccc(CNC(=O)C2CCC(CNC(=O)OC(C)(C)C)CC2)cc1. The fraction of sp³-hybridized carbons (Fsp3) is 0.619. The predicted molar refractivity (Wildman–Crippen MR) is 103 cm³/mol. The van der Waals surface area contributed by atoms with Crippen molar-refractivity contribution in [2.75, 3.05) is 6.54 Å². The summed E-state index contributed by atoms with van der Waals surface area (Å²) in [5, 5.41) is 5.89. The summed E-state index contributed by atoms with van der Waals surface area (Å²) in [6.07, 6.45) is 3.30. The summed E-state index contributed by atoms with van der Waals surface area (Å²) < 4.78 is 5.26. The van der Waals surface area contributed by atoms with Gasteiger partial charge in [-0.05, 0) is 64.9 Å². The molecule has 0 atom stereocenters. The normalized spacial score (nSPS) is 20.3. The number of nitrogens with one attached hydrogen (secondary N) is 2. The Bertz CT molecular complexity index is 597. The van der Waals surface area contributed by atoms with Gasteiger partial charge in [0.15, 0.2) is 0 Å². The quantitative estimate of drug-likeness (QED) is 0.836. The van der Waals surface area contributed by atoms with Crippen LogP contribution < -0.4 is 10.6 Å². The Labute approximate surface area is 156 Å². The number of hydrogen-bond donors (Lipinski definition) is 2. The Balaban J connectivity index is 1.66. The molecule has 144 valence electrons. The summed E-state index contributed by atoms with van der Waals surface area (Å²) in [5.41, 5.74) is 1.87. The number of hydrogen-bond acceptors (Lipinski definition) is 3. The average molecular weight is 360 g/mol. The predicted octanol–water partition coefficient (Wildman–Crippen LogP) is 3.94. The van der Waals surface area contributed by atoms with Crippen molar-refractivity contribution in [2.24, 2.45) is 11.8 Å². The van der Waals surface area contributed by atoms with Crippen LogP contribution in [0.5, 0.6) is 0 Å². The number of alkyl carbamates (subject to hydrolysis) is 1. The maximum Gasteiger partial charge on any atom is 0.407 e. The van der Waals surface area contributed by atoms with Crippen LogP contribution in [0.2, 0.25) is 0 Å². The molecule has 1 aromatic rings. The first-order chi connectivity index (χ1) is 12.2. The molecular weight excluding hydrogens is 328 g/mol. The van der Waals surface area contributed by atoms with E-state index in [1.165, 1.54) is 5.56 Å². The molecule has 0 aromatic heterocycles. The fourth-order valence-corrected chi connectivity index (χ4v) is 3.21. The van der Waals surface area contributed by atoms with E-state index >= 15 is 0 Å². The van der Waals surface area contributed by atoms with Crippen molar-refractivity contribution < 1.29 is 14.3 Å². The Morgan fingerprint density at radius 3 is 2.23 bits per heavy atom. The van der Waals surface area contributed by atoms with Gasteiger partial charge < -0.3 is 15.4 Å². The third-order valence-corrected chi connectivity index (χ3v) is 4.74. The minimum atomic E-state index is -0.475. The monoisotopic (exact) mass is 360 g/mol. The first kappa shape index (κ1) is 20.3. The number of rotatable bonds is 5. The lowest BCUT2D eigenvalue weighted by molar-refractivity contribution is -0.126. The molecule has 2 amide bonds. The zero-order valence-corrected chi connectivity index (χ0v) is 16.4. The zero-order valence-electron chi connectivity index (χ0n) is 16.4. The van der Waals surface area contributed by atoms with Gasteiger partial charge in [0.05, 0.1) is 0 Å². The second-order valence-corrected chi connectivity index (χ2v) is 8.30. The molecule has 0 saturated heterocycles. The van der Waals surface area contributed by atoms with E-state index in [4.69, 9.17) is 4.74 Å². The van der Waals surface area contributed by atoms with E-state index in [0.29, 0.717) is 19.0 Å². The lowest BCUT2D eigenvalue weighted by Crippen LogP contribution is -2.38. The summed E-state index contributed by atoms with van der Waals surface area (Å²) in [5.74, 6) is 0.644. The van der Waals surface area contributed by atoms with E-state index in [-0.39, 0.29) is 17.9 Å². The number of aryl methyl sites for hydroxylation is 1. The van der Waals surface area contributed by atoms with E-state index in [0.717, 1.165) is 31.2 Å². The smallest absolute Gasteiger partial charge is 0.407 e. The molecule has 1 aliphatic carbocycles. The van der Waals surface area contributed by atoms with Gasteiger partial charge in [0.1, 0.15) is 5.60 Å². The minimum absolute atomic E-state index is 0.0817. The van der Waals surface area contributed by atoms with Gasteiger partial charge in [-0.15, -0.1) is 0 Å². The van der Waals surface area contributed by atoms with Gasteiger partial charge in [-0.3, -0.25) is 4.79 Å². The largest absolute Gasteiger partial charge is 0.444 e. The van der Waals surface area contributed by atoms with E-state index in [1.54, 1.807) is 0 Å². The maximum absolute atomic E-state index is 12.4. The molecule has 2 N–H and O–H groups in total. The van der Waals surface area contributed by atoms with Crippen molar-refractivity contribution in [3.8, 4) is 0 Å². The number of carbonyl (C=O) groups excluding carboxylic acids is 2. The van der Waals surface area contributed by atoms with Gasteiger partial charge in [-0.25, -0.2) is 4.79 Å².